The maximum Gasteiger partial charge on any atom is 0.252 e. The summed E-state index contributed by atoms with van der Waals surface area (Å²) < 4.78 is 5.54. The number of aromatic amines is 1. The van der Waals surface area contributed by atoms with Crippen molar-refractivity contribution in [1.82, 2.24) is 9.97 Å². The number of nitrogens with zero attached hydrogens (tertiary/aromatic N) is 1. The van der Waals surface area contributed by atoms with Gasteiger partial charge in [-0.15, -0.1) is 0 Å². The van der Waals surface area contributed by atoms with Crippen molar-refractivity contribution in [3.63, 3.8) is 0 Å². The van der Waals surface area contributed by atoms with E-state index in [0.717, 1.165) is 11.4 Å². The molecule has 94 valence electrons. The molecule has 0 unspecified atom stereocenters. The number of benzene rings is 1. The zero-order valence-electron chi connectivity index (χ0n) is 10.3. The van der Waals surface area contributed by atoms with Crippen LogP contribution in [0, 0.1) is 0 Å². The number of H-pyrrole nitrogens is 1. The molecule has 0 bridgehead atoms. The van der Waals surface area contributed by atoms with Crippen LogP contribution in [0.3, 0.4) is 0 Å². The standard InChI is InChI=1S/C13H15N3O2/c1-9(2)18-11-5-3-10(4-6-11)15-13-14-8-7-12(17)16-13/h3-9H,1-2H3,(H2,14,15,16,17). The first-order valence-corrected chi connectivity index (χ1v) is 5.72. The number of hydrogen-bond donors (Lipinski definition) is 2. The van der Waals surface area contributed by atoms with E-state index in [1.165, 1.54) is 12.3 Å². The van der Waals surface area contributed by atoms with Crippen LogP contribution in [0.15, 0.2) is 41.3 Å². The van der Waals surface area contributed by atoms with Crippen molar-refractivity contribution in [2.75, 3.05) is 5.32 Å². The molecule has 0 atom stereocenters. The summed E-state index contributed by atoms with van der Waals surface area (Å²) in [6.45, 7) is 3.95. The van der Waals surface area contributed by atoms with E-state index in [9.17, 15) is 4.79 Å². The van der Waals surface area contributed by atoms with Gasteiger partial charge in [0.2, 0.25) is 5.95 Å². The summed E-state index contributed by atoms with van der Waals surface area (Å²) >= 11 is 0. The molecule has 2 N–H and O–H groups in total. The van der Waals surface area contributed by atoms with Crippen LogP contribution in [-0.4, -0.2) is 16.1 Å². The van der Waals surface area contributed by atoms with E-state index in [0.29, 0.717) is 5.95 Å². The Bertz CT molecular complexity index is 561. The number of ether oxygens (including phenoxy) is 1. The van der Waals surface area contributed by atoms with E-state index in [1.807, 2.05) is 38.1 Å². The molecule has 0 radical (unpaired) electrons. The van der Waals surface area contributed by atoms with Crippen LogP contribution in [0.1, 0.15) is 13.8 Å². The lowest BCUT2D eigenvalue weighted by Crippen LogP contribution is -2.08. The predicted octanol–water partition coefficient (Wildman–Crippen LogP) is 2.30. The normalized spacial score (nSPS) is 10.4. The van der Waals surface area contributed by atoms with Gasteiger partial charge in [0.25, 0.3) is 5.56 Å². The highest BCUT2D eigenvalue weighted by Gasteiger charge is 1.99. The highest BCUT2D eigenvalue weighted by atomic mass is 16.5. The lowest BCUT2D eigenvalue weighted by molar-refractivity contribution is 0.242. The Kier molecular flexibility index (Phi) is 3.62. The van der Waals surface area contributed by atoms with Gasteiger partial charge in [-0.05, 0) is 38.1 Å². The zero-order valence-corrected chi connectivity index (χ0v) is 10.3. The maximum absolute atomic E-state index is 11.1. The Morgan fingerprint density at radius 3 is 2.56 bits per heavy atom. The molecule has 5 nitrogen and oxygen atoms in total. The van der Waals surface area contributed by atoms with Crippen LogP contribution in [-0.2, 0) is 0 Å². The average Bonchev–Trinajstić information content (AvgIpc) is 2.31. The molecule has 1 heterocycles. The highest BCUT2D eigenvalue weighted by molar-refractivity contribution is 5.54. The molecular formula is C13H15N3O2. The summed E-state index contributed by atoms with van der Waals surface area (Å²) in [4.78, 5) is 17.7. The van der Waals surface area contributed by atoms with Gasteiger partial charge in [-0.25, -0.2) is 4.98 Å². The van der Waals surface area contributed by atoms with Crippen LogP contribution in [0.2, 0.25) is 0 Å². The molecular weight excluding hydrogens is 230 g/mol. The fourth-order valence-corrected chi connectivity index (χ4v) is 1.46. The Morgan fingerprint density at radius 2 is 1.94 bits per heavy atom. The second-order valence-corrected chi connectivity index (χ2v) is 4.10. The number of rotatable bonds is 4. The fourth-order valence-electron chi connectivity index (χ4n) is 1.46. The third kappa shape index (κ3) is 3.35. The maximum atomic E-state index is 11.1. The summed E-state index contributed by atoms with van der Waals surface area (Å²) in [6, 6.07) is 8.83. The SMILES string of the molecule is CC(C)Oc1ccc(Nc2nccc(=O)[nH]2)cc1. The molecule has 0 aliphatic heterocycles. The van der Waals surface area contributed by atoms with E-state index in [4.69, 9.17) is 4.74 Å². The Balaban J connectivity index is 2.08. The Labute approximate surface area is 105 Å². The monoisotopic (exact) mass is 245 g/mol. The summed E-state index contributed by atoms with van der Waals surface area (Å²) in [5, 5.41) is 3.00. The smallest absolute Gasteiger partial charge is 0.252 e. The average molecular weight is 245 g/mol. The second kappa shape index (κ2) is 5.35. The van der Waals surface area contributed by atoms with Gasteiger partial charge in [0.1, 0.15) is 5.75 Å². The van der Waals surface area contributed by atoms with Gasteiger partial charge < -0.3 is 10.1 Å². The van der Waals surface area contributed by atoms with Crippen molar-refractivity contribution in [2.45, 2.75) is 20.0 Å². The molecule has 18 heavy (non-hydrogen) atoms. The minimum atomic E-state index is -0.188. The van der Waals surface area contributed by atoms with Crippen molar-refractivity contribution in [3.8, 4) is 5.75 Å². The lowest BCUT2D eigenvalue weighted by Gasteiger charge is -2.10. The summed E-state index contributed by atoms with van der Waals surface area (Å²) in [6.07, 6.45) is 1.60. The molecule has 0 spiro atoms. The van der Waals surface area contributed by atoms with E-state index in [1.54, 1.807) is 0 Å². The van der Waals surface area contributed by atoms with Crippen molar-refractivity contribution in [2.24, 2.45) is 0 Å². The molecule has 2 aromatic rings. The lowest BCUT2D eigenvalue weighted by atomic mass is 10.3. The fraction of sp³-hybridized carbons (Fsp3) is 0.231. The number of nitrogens with one attached hydrogen (secondary N) is 2. The van der Waals surface area contributed by atoms with Crippen LogP contribution in [0.5, 0.6) is 5.75 Å². The second-order valence-electron chi connectivity index (χ2n) is 4.10. The first kappa shape index (κ1) is 12.2. The van der Waals surface area contributed by atoms with Gasteiger partial charge in [-0.3, -0.25) is 9.78 Å². The van der Waals surface area contributed by atoms with E-state index in [2.05, 4.69) is 15.3 Å². The molecule has 5 heteroatoms. The van der Waals surface area contributed by atoms with Crippen molar-refractivity contribution in [3.05, 3.63) is 46.9 Å². The van der Waals surface area contributed by atoms with Gasteiger partial charge >= 0.3 is 0 Å². The van der Waals surface area contributed by atoms with Gasteiger partial charge in [0.15, 0.2) is 0 Å². The topological polar surface area (TPSA) is 67.0 Å². The number of anilines is 2. The first-order chi connectivity index (χ1) is 8.63. The summed E-state index contributed by atoms with van der Waals surface area (Å²) in [5.74, 6) is 1.23. The molecule has 0 aliphatic rings. The third-order valence-corrected chi connectivity index (χ3v) is 2.16. The van der Waals surface area contributed by atoms with E-state index in [-0.39, 0.29) is 11.7 Å². The van der Waals surface area contributed by atoms with Crippen LogP contribution in [0.25, 0.3) is 0 Å². The number of aromatic nitrogens is 2. The van der Waals surface area contributed by atoms with Crippen LogP contribution >= 0.6 is 0 Å². The molecule has 0 saturated heterocycles. The highest BCUT2D eigenvalue weighted by Crippen LogP contribution is 2.18. The van der Waals surface area contributed by atoms with Crippen LogP contribution < -0.4 is 15.6 Å². The minimum absolute atomic E-state index is 0.149. The molecule has 1 aromatic carbocycles. The predicted molar refractivity (Wildman–Crippen MR) is 70.3 cm³/mol. The van der Waals surface area contributed by atoms with Crippen molar-refractivity contribution >= 4 is 11.6 Å². The van der Waals surface area contributed by atoms with Gasteiger partial charge in [-0.1, -0.05) is 0 Å². The van der Waals surface area contributed by atoms with Gasteiger partial charge in [0, 0.05) is 18.0 Å². The van der Waals surface area contributed by atoms with E-state index < -0.39 is 0 Å². The minimum Gasteiger partial charge on any atom is -0.491 e. The summed E-state index contributed by atoms with van der Waals surface area (Å²) in [7, 11) is 0. The van der Waals surface area contributed by atoms with Crippen LogP contribution in [0.4, 0.5) is 11.6 Å². The Hall–Kier alpha value is -2.30. The molecule has 0 saturated carbocycles. The first-order valence-electron chi connectivity index (χ1n) is 5.72. The molecule has 0 fully saturated rings. The Morgan fingerprint density at radius 1 is 1.22 bits per heavy atom. The quantitative estimate of drug-likeness (QED) is 0.867. The van der Waals surface area contributed by atoms with Gasteiger partial charge in [-0.2, -0.15) is 0 Å². The van der Waals surface area contributed by atoms with E-state index >= 15 is 0 Å². The molecule has 2 rings (SSSR count). The molecule has 1 aromatic heterocycles. The molecule has 0 aliphatic carbocycles. The van der Waals surface area contributed by atoms with Crippen molar-refractivity contribution in [1.29, 1.82) is 0 Å². The third-order valence-electron chi connectivity index (χ3n) is 2.16. The zero-order chi connectivity index (χ0) is 13.0. The molecule has 0 amide bonds. The number of hydrogen-bond acceptors (Lipinski definition) is 4. The van der Waals surface area contributed by atoms with Crippen molar-refractivity contribution < 1.29 is 4.74 Å². The van der Waals surface area contributed by atoms with Gasteiger partial charge in [0.05, 0.1) is 6.10 Å². The summed E-state index contributed by atoms with van der Waals surface area (Å²) in [5.41, 5.74) is 0.646. The largest absolute Gasteiger partial charge is 0.491 e.